The monoisotopic (exact) mass is 397 g/mol. The quantitative estimate of drug-likeness (QED) is 0.541. The van der Waals surface area contributed by atoms with Crippen molar-refractivity contribution >= 4 is 22.2 Å². The average molecular weight is 397 g/mol. The fourth-order valence-electron chi connectivity index (χ4n) is 2.55. The van der Waals surface area contributed by atoms with Gasteiger partial charge in [-0.15, -0.1) is 10.2 Å². The van der Waals surface area contributed by atoms with Crippen LogP contribution in [0.5, 0.6) is 5.75 Å². The van der Waals surface area contributed by atoms with E-state index in [2.05, 4.69) is 20.6 Å². The number of carbonyl (C=O) groups is 1. The van der Waals surface area contributed by atoms with Crippen LogP contribution in [0.25, 0.3) is 15.5 Å². The van der Waals surface area contributed by atoms with Gasteiger partial charge in [-0.3, -0.25) is 4.79 Å². The largest absolute Gasteiger partial charge is 0.481 e. The zero-order chi connectivity index (χ0) is 19.5. The first-order chi connectivity index (χ1) is 13.6. The SMILES string of the molecule is Cc1nnc2sc(-c3ccc(CNC(=O)COc4ccccc4F)cc3)nn12. The molecule has 4 aromatic rings. The Morgan fingerprint density at radius 3 is 2.71 bits per heavy atom. The first-order valence-corrected chi connectivity index (χ1v) is 9.34. The molecule has 0 bridgehead atoms. The fraction of sp³-hybridized carbons (Fsp3) is 0.158. The number of aryl methyl sites for hydroxylation is 1. The van der Waals surface area contributed by atoms with Gasteiger partial charge in [0, 0.05) is 12.1 Å². The second-order valence-electron chi connectivity index (χ2n) is 6.04. The number of fused-ring (bicyclic) bond motifs is 1. The molecule has 0 aliphatic rings. The van der Waals surface area contributed by atoms with E-state index in [4.69, 9.17) is 4.74 Å². The molecule has 28 heavy (non-hydrogen) atoms. The number of carbonyl (C=O) groups excluding carboxylic acids is 1. The van der Waals surface area contributed by atoms with E-state index in [0.717, 1.165) is 26.9 Å². The number of nitrogens with one attached hydrogen (secondary N) is 1. The Morgan fingerprint density at radius 1 is 1.18 bits per heavy atom. The normalized spacial score (nSPS) is 10.9. The Morgan fingerprint density at radius 2 is 1.96 bits per heavy atom. The first-order valence-electron chi connectivity index (χ1n) is 8.52. The van der Waals surface area contributed by atoms with Gasteiger partial charge in [0.1, 0.15) is 5.01 Å². The second-order valence-corrected chi connectivity index (χ2v) is 7.00. The van der Waals surface area contributed by atoms with E-state index in [-0.39, 0.29) is 18.3 Å². The molecule has 0 aliphatic heterocycles. The Balaban J connectivity index is 1.33. The van der Waals surface area contributed by atoms with Crippen LogP contribution in [0.1, 0.15) is 11.4 Å². The van der Waals surface area contributed by atoms with Gasteiger partial charge >= 0.3 is 0 Å². The van der Waals surface area contributed by atoms with Gasteiger partial charge in [-0.1, -0.05) is 47.7 Å². The smallest absolute Gasteiger partial charge is 0.258 e. The van der Waals surface area contributed by atoms with Gasteiger partial charge in [0.2, 0.25) is 4.96 Å². The summed E-state index contributed by atoms with van der Waals surface area (Å²) in [6.45, 7) is 1.96. The lowest BCUT2D eigenvalue weighted by Gasteiger charge is -2.08. The molecule has 2 aromatic heterocycles. The molecular weight excluding hydrogens is 381 g/mol. The topological polar surface area (TPSA) is 81.4 Å². The van der Waals surface area contributed by atoms with Crippen molar-refractivity contribution in [1.29, 1.82) is 0 Å². The third kappa shape index (κ3) is 3.84. The molecule has 4 rings (SSSR count). The van der Waals surface area contributed by atoms with Gasteiger partial charge in [0.05, 0.1) is 0 Å². The van der Waals surface area contributed by atoms with E-state index in [0.29, 0.717) is 6.54 Å². The summed E-state index contributed by atoms with van der Waals surface area (Å²) >= 11 is 1.46. The summed E-state index contributed by atoms with van der Waals surface area (Å²) in [5.41, 5.74) is 1.90. The Labute approximate surface area is 163 Å². The maximum atomic E-state index is 13.5. The third-order valence-corrected chi connectivity index (χ3v) is 4.98. The van der Waals surface area contributed by atoms with Crippen LogP contribution in [0.4, 0.5) is 4.39 Å². The molecule has 0 spiro atoms. The highest BCUT2D eigenvalue weighted by molar-refractivity contribution is 7.19. The van der Waals surface area contributed by atoms with Crippen molar-refractivity contribution < 1.29 is 13.9 Å². The number of hydrogen-bond acceptors (Lipinski definition) is 6. The molecule has 7 nitrogen and oxygen atoms in total. The first kappa shape index (κ1) is 18.1. The Kier molecular flexibility index (Phi) is 4.98. The number of nitrogens with zero attached hydrogens (tertiary/aromatic N) is 4. The van der Waals surface area contributed by atoms with Gasteiger partial charge in [-0.05, 0) is 24.6 Å². The van der Waals surface area contributed by atoms with Crippen LogP contribution in [0.2, 0.25) is 0 Å². The number of ether oxygens (including phenoxy) is 1. The van der Waals surface area contributed by atoms with E-state index in [1.165, 1.54) is 23.5 Å². The van der Waals surface area contributed by atoms with Gasteiger partial charge < -0.3 is 10.1 Å². The maximum absolute atomic E-state index is 13.5. The number of amides is 1. The minimum Gasteiger partial charge on any atom is -0.481 e. The average Bonchev–Trinajstić information content (AvgIpc) is 3.28. The lowest BCUT2D eigenvalue weighted by Crippen LogP contribution is -2.28. The summed E-state index contributed by atoms with van der Waals surface area (Å²) in [5, 5.41) is 16.1. The zero-order valence-corrected chi connectivity index (χ0v) is 15.7. The number of para-hydroxylation sites is 1. The molecule has 9 heteroatoms. The molecule has 2 aromatic carbocycles. The minimum atomic E-state index is -0.494. The molecule has 1 N–H and O–H groups in total. The summed E-state index contributed by atoms with van der Waals surface area (Å²) in [5.74, 6) is -0.0143. The van der Waals surface area contributed by atoms with Crippen LogP contribution in [0.15, 0.2) is 48.5 Å². The number of halogens is 1. The van der Waals surface area contributed by atoms with Gasteiger partial charge in [-0.25, -0.2) is 4.39 Å². The Hall–Kier alpha value is -3.33. The van der Waals surface area contributed by atoms with Crippen molar-refractivity contribution in [3.63, 3.8) is 0 Å². The summed E-state index contributed by atoms with van der Waals surface area (Å²) < 4.78 is 20.4. The molecule has 0 fully saturated rings. The predicted molar refractivity (Wildman–Crippen MR) is 103 cm³/mol. The van der Waals surface area contributed by atoms with Crippen molar-refractivity contribution in [3.8, 4) is 16.3 Å². The maximum Gasteiger partial charge on any atom is 0.258 e. The predicted octanol–water partition coefficient (Wildman–Crippen LogP) is 3.00. The van der Waals surface area contributed by atoms with Crippen molar-refractivity contribution in [2.45, 2.75) is 13.5 Å². The van der Waals surface area contributed by atoms with Crippen LogP contribution in [-0.2, 0) is 11.3 Å². The number of hydrogen-bond donors (Lipinski definition) is 1. The summed E-state index contributed by atoms with van der Waals surface area (Å²) in [6.07, 6.45) is 0. The van der Waals surface area contributed by atoms with Crippen molar-refractivity contribution in [2.24, 2.45) is 0 Å². The van der Waals surface area contributed by atoms with E-state index in [9.17, 15) is 9.18 Å². The molecule has 0 unspecified atom stereocenters. The minimum absolute atomic E-state index is 0.0576. The van der Waals surface area contributed by atoms with E-state index >= 15 is 0 Å². The van der Waals surface area contributed by atoms with E-state index < -0.39 is 5.82 Å². The lowest BCUT2D eigenvalue weighted by molar-refractivity contribution is -0.123. The summed E-state index contributed by atoms with van der Waals surface area (Å²) in [6, 6.07) is 13.7. The highest BCUT2D eigenvalue weighted by Gasteiger charge is 2.11. The molecular formula is C19H16FN5O2S. The molecule has 0 aliphatic carbocycles. The van der Waals surface area contributed by atoms with Crippen LogP contribution < -0.4 is 10.1 Å². The third-order valence-electron chi connectivity index (χ3n) is 4.03. The van der Waals surface area contributed by atoms with Gasteiger partial charge in [0.15, 0.2) is 24.0 Å². The number of aromatic nitrogens is 4. The van der Waals surface area contributed by atoms with Crippen LogP contribution in [0.3, 0.4) is 0 Å². The van der Waals surface area contributed by atoms with Crippen molar-refractivity contribution in [1.82, 2.24) is 25.1 Å². The zero-order valence-electron chi connectivity index (χ0n) is 14.9. The second kappa shape index (κ2) is 7.73. The summed E-state index contributed by atoms with van der Waals surface area (Å²) in [4.78, 5) is 12.7. The van der Waals surface area contributed by atoms with Gasteiger partial charge in [0.25, 0.3) is 5.91 Å². The van der Waals surface area contributed by atoms with E-state index in [1.807, 2.05) is 31.2 Å². The lowest BCUT2D eigenvalue weighted by atomic mass is 10.1. The van der Waals surface area contributed by atoms with Crippen molar-refractivity contribution in [2.75, 3.05) is 6.61 Å². The fourth-order valence-corrected chi connectivity index (χ4v) is 3.44. The highest BCUT2D eigenvalue weighted by atomic mass is 32.1. The summed E-state index contributed by atoms with van der Waals surface area (Å²) in [7, 11) is 0. The van der Waals surface area contributed by atoms with Crippen LogP contribution in [0, 0.1) is 12.7 Å². The molecule has 0 saturated heterocycles. The molecule has 0 saturated carbocycles. The molecule has 0 atom stereocenters. The molecule has 0 radical (unpaired) electrons. The standard InChI is InChI=1S/C19H16FN5O2S/c1-12-22-23-19-25(12)24-18(28-19)14-8-6-13(7-9-14)10-21-17(26)11-27-16-5-3-2-4-15(16)20/h2-9H,10-11H2,1H3,(H,21,26). The van der Waals surface area contributed by atoms with Crippen LogP contribution in [-0.4, -0.2) is 32.3 Å². The molecule has 1 amide bonds. The Bertz CT molecular complexity index is 1120. The van der Waals surface area contributed by atoms with Crippen LogP contribution >= 0.6 is 11.3 Å². The molecule has 2 heterocycles. The highest BCUT2D eigenvalue weighted by Crippen LogP contribution is 2.25. The molecule has 142 valence electrons. The van der Waals surface area contributed by atoms with Gasteiger partial charge in [-0.2, -0.15) is 9.61 Å². The van der Waals surface area contributed by atoms with Crippen molar-refractivity contribution in [3.05, 3.63) is 65.7 Å². The number of benzene rings is 2. The van der Waals surface area contributed by atoms with E-state index in [1.54, 1.807) is 16.6 Å². The number of rotatable bonds is 6.